The molecule has 1 rings (SSSR count). The maximum Gasteiger partial charge on any atom is 0.122 e. The van der Waals surface area contributed by atoms with E-state index in [1.807, 2.05) is 12.1 Å². The van der Waals surface area contributed by atoms with Crippen LogP contribution >= 0.6 is 15.9 Å². The lowest BCUT2D eigenvalue weighted by molar-refractivity contribution is -0.0111. The predicted octanol–water partition coefficient (Wildman–Crippen LogP) is 2.89. The molecule has 114 valence electrons. The fourth-order valence-electron chi connectivity index (χ4n) is 2.52. The van der Waals surface area contributed by atoms with Gasteiger partial charge in [0.15, 0.2) is 0 Å². The Morgan fingerprint density at radius 2 is 1.95 bits per heavy atom. The molecule has 2 unspecified atom stereocenters. The smallest absolute Gasteiger partial charge is 0.122 e. The van der Waals surface area contributed by atoms with Crippen molar-refractivity contribution in [3.8, 4) is 5.75 Å². The molecule has 0 saturated carbocycles. The number of nitrogens with two attached hydrogens (primary N) is 1. The van der Waals surface area contributed by atoms with Crippen molar-refractivity contribution in [2.45, 2.75) is 39.3 Å². The molecule has 0 bridgehead atoms. The van der Waals surface area contributed by atoms with Crippen molar-refractivity contribution >= 4 is 15.9 Å². The molecule has 0 aliphatic heterocycles. The summed E-state index contributed by atoms with van der Waals surface area (Å²) >= 11 is 3.49. The maximum absolute atomic E-state index is 5.74. The van der Waals surface area contributed by atoms with Crippen molar-refractivity contribution in [3.05, 3.63) is 28.2 Å². The molecule has 0 amide bonds. The largest absolute Gasteiger partial charge is 0.496 e. The molecule has 0 aliphatic carbocycles. The standard InChI is InChI=1S/C15H25BrN2O2/c1-15(2,3)14(20-5)12(18-17)9-10-8-11(16)6-7-13(10)19-4/h6-8,12,14,18H,9,17H2,1-5H3. The van der Waals surface area contributed by atoms with Gasteiger partial charge in [0.25, 0.3) is 0 Å². The Morgan fingerprint density at radius 1 is 1.30 bits per heavy atom. The first-order valence-electron chi connectivity index (χ1n) is 6.64. The van der Waals surface area contributed by atoms with Crippen molar-refractivity contribution in [3.63, 3.8) is 0 Å². The molecule has 5 heteroatoms. The first-order valence-corrected chi connectivity index (χ1v) is 7.44. The summed E-state index contributed by atoms with van der Waals surface area (Å²) in [4.78, 5) is 0. The molecule has 0 spiro atoms. The quantitative estimate of drug-likeness (QED) is 0.615. The molecule has 2 atom stereocenters. The van der Waals surface area contributed by atoms with E-state index in [4.69, 9.17) is 15.3 Å². The molecule has 0 radical (unpaired) electrons. The Kier molecular flexibility index (Phi) is 6.45. The van der Waals surface area contributed by atoms with Gasteiger partial charge in [0.2, 0.25) is 0 Å². The lowest BCUT2D eigenvalue weighted by Crippen LogP contribution is -2.51. The first kappa shape index (κ1) is 17.4. The molecule has 0 aromatic heterocycles. The highest BCUT2D eigenvalue weighted by Crippen LogP contribution is 2.29. The van der Waals surface area contributed by atoms with Gasteiger partial charge in [-0.05, 0) is 35.6 Å². The number of ether oxygens (including phenoxy) is 2. The molecule has 3 N–H and O–H groups in total. The molecule has 1 aromatic rings. The Hall–Kier alpha value is -0.620. The van der Waals surface area contributed by atoms with Crippen molar-refractivity contribution in [1.82, 2.24) is 5.43 Å². The number of rotatable bonds is 6. The predicted molar refractivity (Wildman–Crippen MR) is 85.8 cm³/mol. The van der Waals surface area contributed by atoms with Gasteiger partial charge >= 0.3 is 0 Å². The summed E-state index contributed by atoms with van der Waals surface area (Å²) in [6, 6.07) is 5.97. The maximum atomic E-state index is 5.74. The highest BCUT2D eigenvalue weighted by Gasteiger charge is 2.32. The Bertz CT molecular complexity index is 432. The van der Waals surface area contributed by atoms with Gasteiger partial charge in [0.05, 0.1) is 19.3 Å². The van der Waals surface area contributed by atoms with Crippen molar-refractivity contribution in [2.75, 3.05) is 14.2 Å². The Balaban J connectivity index is 3.01. The summed E-state index contributed by atoms with van der Waals surface area (Å²) in [5.41, 5.74) is 3.97. The molecule has 20 heavy (non-hydrogen) atoms. The minimum Gasteiger partial charge on any atom is -0.496 e. The van der Waals surface area contributed by atoms with Gasteiger partial charge in [-0.1, -0.05) is 36.7 Å². The van der Waals surface area contributed by atoms with Crippen molar-refractivity contribution in [2.24, 2.45) is 11.3 Å². The fourth-order valence-corrected chi connectivity index (χ4v) is 2.93. The third kappa shape index (κ3) is 4.45. The zero-order valence-electron chi connectivity index (χ0n) is 12.9. The molecule has 0 saturated heterocycles. The number of hydrazine groups is 1. The van der Waals surface area contributed by atoms with E-state index in [2.05, 4.69) is 48.2 Å². The molecular weight excluding hydrogens is 320 g/mol. The van der Waals surface area contributed by atoms with Gasteiger partial charge in [0.1, 0.15) is 5.75 Å². The van der Waals surface area contributed by atoms with Gasteiger partial charge in [-0.3, -0.25) is 11.3 Å². The van der Waals surface area contributed by atoms with Crippen LogP contribution in [0.15, 0.2) is 22.7 Å². The van der Waals surface area contributed by atoms with E-state index < -0.39 is 0 Å². The summed E-state index contributed by atoms with van der Waals surface area (Å²) < 4.78 is 12.1. The van der Waals surface area contributed by atoms with E-state index >= 15 is 0 Å². The van der Waals surface area contributed by atoms with E-state index in [0.717, 1.165) is 22.2 Å². The van der Waals surface area contributed by atoms with E-state index in [0.29, 0.717) is 0 Å². The average Bonchev–Trinajstić information content (AvgIpc) is 2.37. The number of benzene rings is 1. The zero-order valence-corrected chi connectivity index (χ0v) is 14.5. The van der Waals surface area contributed by atoms with Crippen molar-refractivity contribution < 1.29 is 9.47 Å². The van der Waals surface area contributed by atoms with Crippen LogP contribution in [0.1, 0.15) is 26.3 Å². The summed E-state index contributed by atoms with van der Waals surface area (Å²) in [5, 5.41) is 0. The van der Waals surface area contributed by atoms with Gasteiger partial charge in [-0.2, -0.15) is 0 Å². The van der Waals surface area contributed by atoms with Crippen LogP contribution in [0.25, 0.3) is 0 Å². The highest BCUT2D eigenvalue weighted by molar-refractivity contribution is 9.10. The van der Waals surface area contributed by atoms with Crippen LogP contribution in [0.2, 0.25) is 0 Å². The van der Waals surface area contributed by atoms with Crippen LogP contribution in [-0.4, -0.2) is 26.4 Å². The number of halogens is 1. The molecular formula is C15H25BrN2O2. The minimum atomic E-state index is -0.00889. The van der Waals surface area contributed by atoms with E-state index in [-0.39, 0.29) is 17.6 Å². The second kappa shape index (κ2) is 7.41. The third-order valence-corrected chi connectivity index (χ3v) is 3.86. The highest BCUT2D eigenvalue weighted by atomic mass is 79.9. The Labute approximate surface area is 130 Å². The summed E-state index contributed by atoms with van der Waals surface area (Å²) in [6.07, 6.45) is 0.728. The van der Waals surface area contributed by atoms with Crippen LogP contribution in [0, 0.1) is 5.41 Å². The van der Waals surface area contributed by atoms with Crippen LogP contribution < -0.4 is 16.0 Å². The molecule has 0 heterocycles. The number of hydrogen-bond acceptors (Lipinski definition) is 4. The molecule has 1 aromatic carbocycles. The number of nitrogens with one attached hydrogen (secondary N) is 1. The number of hydrogen-bond donors (Lipinski definition) is 2. The molecule has 0 aliphatic rings. The van der Waals surface area contributed by atoms with Crippen LogP contribution in [0.5, 0.6) is 5.75 Å². The molecule has 4 nitrogen and oxygen atoms in total. The van der Waals surface area contributed by atoms with Gasteiger partial charge < -0.3 is 9.47 Å². The minimum absolute atomic E-state index is 0.00296. The first-order chi connectivity index (χ1) is 9.33. The average molecular weight is 345 g/mol. The topological polar surface area (TPSA) is 56.5 Å². The Morgan fingerprint density at radius 3 is 2.40 bits per heavy atom. The fraction of sp³-hybridized carbons (Fsp3) is 0.600. The van der Waals surface area contributed by atoms with E-state index in [1.165, 1.54) is 0 Å². The summed E-state index contributed by atoms with van der Waals surface area (Å²) in [5.74, 6) is 6.60. The van der Waals surface area contributed by atoms with E-state index in [9.17, 15) is 0 Å². The summed E-state index contributed by atoms with van der Waals surface area (Å²) in [6.45, 7) is 6.43. The van der Waals surface area contributed by atoms with Crippen molar-refractivity contribution in [1.29, 1.82) is 0 Å². The van der Waals surface area contributed by atoms with Crippen LogP contribution in [0.3, 0.4) is 0 Å². The van der Waals surface area contributed by atoms with Crippen LogP contribution in [0.4, 0.5) is 0 Å². The van der Waals surface area contributed by atoms with Gasteiger partial charge in [0, 0.05) is 11.6 Å². The normalized spacial score (nSPS) is 14.9. The SMILES string of the molecule is COc1ccc(Br)cc1CC(NN)C(OC)C(C)(C)C. The third-order valence-electron chi connectivity index (χ3n) is 3.37. The summed E-state index contributed by atoms with van der Waals surface area (Å²) in [7, 11) is 3.40. The lowest BCUT2D eigenvalue weighted by atomic mass is 9.82. The van der Waals surface area contributed by atoms with Gasteiger partial charge in [-0.25, -0.2) is 0 Å². The lowest BCUT2D eigenvalue weighted by Gasteiger charge is -2.35. The second-order valence-corrected chi connectivity index (χ2v) is 6.87. The van der Waals surface area contributed by atoms with E-state index in [1.54, 1.807) is 14.2 Å². The second-order valence-electron chi connectivity index (χ2n) is 5.96. The monoisotopic (exact) mass is 344 g/mol. The van der Waals surface area contributed by atoms with Gasteiger partial charge in [-0.15, -0.1) is 0 Å². The van der Waals surface area contributed by atoms with Crippen LogP contribution in [-0.2, 0) is 11.2 Å². The zero-order chi connectivity index (χ0) is 15.3. The number of methoxy groups -OCH3 is 2. The molecule has 0 fully saturated rings.